The maximum atomic E-state index is 16.9. The van der Waals surface area contributed by atoms with Crippen LogP contribution in [-0.4, -0.2) is 83.3 Å². The molecule has 2 N–H and O–H groups in total. The number of carbonyl (C=O) groups is 1. The number of likely N-dealkylation sites (N-methyl/N-ethyl adjacent to an activating group) is 1. The first kappa shape index (κ1) is 31.5. The van der Waals surface area contributed by atoms with Crippen molar-refractivity contribution < 1.29 is 22.7 Å². The average molecular weight is 682 g/mol. The van der Waals surface area contributed by atoms with Gasteiger partial charge in [0.25, 0.3) is 5.69 Å². The molecule has 9 nitrogen and oxygen atoms in total. The minimum atomic E-state index is -0.983. The summed E-state index contributed by atoms with van der Waals surface area (Å²) in [7, 11) is 1.78. The number of carbonyl (C=O) groups excluding carboxylic acids is 1. The van der Waals surface area contributed by atoms with E-state index >= 15 is 4.39 Å². The van der Waals surface area contributed by atoms with E-state index in [2.05, 4.69) is 26.3 Å². The van der Waals surface area contributed by atoms with Gasteiger partial charge in [-0.25, -0.2) is 28.0 Å². The maximum Gasteiger partial charge on any atom is 0.270 e. The first-order chi connectivity index (χ1) is 22.5. The number of rotatable bonds is 7. The highest BCUT2D eigenvalue weighted by molar-refractivity contribution is 7.22. The van der Waals surface area contributed by atoms with Crippen molar-refractivity contribution in [2.75, 3.05) is 50.5 Å². The van der Waals surface area contributed by atoms with Gasteiger partial charge in [-0.2, -0.15) is 0 Å². The number of aromatic nitrogens is 2. The molecule has 0 bridgehead atoms. The third-order valence-electron chi connectivity index (χ3n) is 9.77. The van der Waals surface area contributed by atoms with E-state index in [1.54, 1.807) is 18.0 Å². The van der Waals surface area contributed by atoms with Crippen LogP contribution in [0.25, 0.3) is 37.1 Å². The Hall–Kier alpha value is -4.12. The van der Waals surface area contributed by atoms with Crippen LogP contribution in [-0.2, 0) is 4.79 Å². The van der Waals surface area contributed by atoms with Crippen molar-refractivity contribution in [1.82, 2.24) is 19.8 Å². The van der Waals surface area contributed by atoms with E-state index in [9.17, 15) is 13.6 Å². The van der Waals surface area contributed by atoms with Crippen molar-refractivity contribution in [3.63, 3.8) is 0 Å². The minimum absolute atomic E-state index is 0.00541. The Kier molecular flexibility index (Phi) is 7.93. The fourth-order valence-electron chi connectivity index (χ4n) is 7.50. The molecule has 3 aliphatic heterocycles. The Morgan fingerprint density at radius 2 is 2.13 bits per heavy atom. The molecule has 0 spiro atoms. The van der Waals surface area contributed by atoms with Gasteiger partial charge < -0.3 is 20.3 Å². The standard InChI is InChI=1S/C33H31ClF3N7O2S/c1-4-23(45)43-11-8-18(15-43)42(3)29-20-12-21(34)24(19-6-7-22(36)30-27(19)41-32(38)47-30)25(37)26(20)40-31(28(29)39-2)46-16-33-9-5-10-44(33)14-17(35)13-33/h4,6-7,12,17-18H,1,5,8-11,13-16H2,3H3,(H2,38,41). The second kappa shape index (κ2) is 11.8. The molecule has 2 aromatic heterocycles. The van der Waals surface area contributed by atoms with Crippen molar-refractivity contribution >= 4 is 66.5 Å². The number of hydrogen-bond acceptors (Lipinski definition) is 8. The van der Waals surface area contributed by atoms with Crippen LogP contribution >= 0.6 is 22.9 Å². The fraction of sp³-hybridized carbons (Fsp3) is 0.394. The van der Waals surface area contributed by atoms with Crippen LogP contribution in [0.2, 0.25) is 5.02 Å². The molecule has 3 atom stereocenters. The molecule has 244 valence electrons. The van der Waals surface area contributed by atoms with E-state index in [1.807, 2.05) is 4.90 Å². The number of fused-ring (bicyclic) bond motifs is 3. The van der Waals surface area contributed by atoms with E-state index in [-0.39, 0.29) is 72.5 Å². The molecule has 3 saturated heterocycles. The van der Waals surface area contributed by atoms with E-state index in [0.29, 0.717) is 38.2 Å². The van der Waals surface area contributed by atoms with Gasteiger partial charge in [-0.1, -0.05) is 29.5 Å². The van der Waals surface area contributed by atoms with Crippen molar-refractivity contribution in [1.29, 1.82) is 0 Å². The van der Waals surface area contributed by atoms with E-state index < -0.39 is 23.3 Å². The second-order valence-corrected chi connectivity index (χ2v) is 13.8. The molecule has 14 heteroatoms. The van der Waals surface area contributed by atoms with Gasteiger partial charge in [0, 0.05) is 55.7 Å². The number of pyridine rings is 1. The summed E-state index contributed by atoms with van der Waals surface area (Å²) in [6, 6.07) is 3.93. The number of nitrogens with two attached hydrogens (primary N) is 1. The number of anilines is 2. The summed E-state index contributed by atoms with van der Waals surface area (Å²) in [4.78, 5) is 30.7. The number of benzene rings is 2. The van der Waals surface area contributed by atoms with Crippen LogP contribution in [0.5, 0.6) is 5.88 Å². The molecule has 0 aliphatic carbocycles. The number of likely N-dealkylation sites (tertiary alicyclic amines) is 1. The van der Waals surface area contributed by atoms with Crippen LogP contribution in [0, 0.1) is 18.2 Å². The molecule has 3 unspecified atom stereocenters. The van der Waals surface area contributed by atoms with Crippen molar-refractivity contribution in [3.8, 4) is 17.0 Å². The number of nitrogen functional groups attached to an aromatic ring is 1. The topological polar surface area (TPSA) is 92.2 Å². The molecule has 2 aromatic carbocycles. The van der Waals surface area contributed by atoms with Gasteiger partial charge in [-0.05, 0) is 50.1 Å². The average Bonchev–Trinajstić information content (AvgIpc) is 3.83. The Bertz CT molecular complexity index is 2000. The zero-order chi connectivity index (χ0) is 33.2. The molecule has 0 saturated carbocycles. The molecule has 1 amide bonds. The summed E-state index contributed by atoms with van der Waals surface area (Å²) >= 11 is 7.76. The van der Waals surface area contributed by atoms with Crippen LogP contribution in [0.15, 0.2) is 30.9 Å². The molecule has 3 aliphatic rings. The number of nitrogens with zero attached hydrogens (tertiary/aromatic N) is 6. The Labute approximate surface area is 278 Å². The Morgan fingerprint density at radius 1 is 1.32 bits per heavy atom. The molecule has 4 aromatic rings. The number of ether oxygens (including phenoxy) is 1. The van der Waals surface area contributed by atoms with Crippen LogP contribution in [0.3, 0.4) is 0 Å². The highest BCUT2D eigenvalue weighted by Crippen LogP contribution is 2.49. The summed E-state index contributed by atoms with van der Waals surface area (Å²) in [6.45, 7) is 13.8. The third-order valence-corrected chi connectivity index (χ3v) is 11.0. The zero-order valence-corrected chi connectivity index (χ0v) is 27.1. The number of amides is 1. The molecule has 3 fully saturated rings. The predicted octanol–water partition coefficient (Wildman–Crippen LogP) is 6.75. The lowest BCUT2D eigenvalue weighted by Gasteiger charge is -2.32. The lowest BCUT2D eigenvalue weighted by molar-refractivity contribution is -0.125. The monoisotopic (exact) mass is 681 g/mol. The van der Waals surface area contributed by atoms with Crippen LogP contribution in [0.1, 0.15) is 25.7 Å². The van der Waals surface area contributed by atoms with Crippen molar-refractivity contribution in [2.45, 2.75) is 43.4 Å². The number of alkyl halides is 1. The van der Waals surface area contributed by atoms with Crippen LogP contribution < -0.4 is 15.4 Å². The minimum Gasteiger partial charge on any atom is -0.484 e. The van der Waals surface area contributed by atoms with Gasteiger partial charge in [0.1, 0.15) is 24.1 Å². The third kappa shape index (κ3) is 5.14. The van der Waals surface area contributed by atoms with Gasteiger partial charge in [-0.3, -0.25) is 9.69 Å². The van der Waals surface area contributed by atoms with Gasteiger partial charge in [0.2, 0.25) is 11.8 Å². The number of hydrogen-bond donors (Lipinski definition) is 1. The highest BCUT2D eigenvalue weighted by Gasteiger charge is 2.49. The lowest BCUT2D eigenvalue weighted by Crippen LogP contribution is -2.43. The summed E-state index contributed by atoms with van der Waals surface area (Å²) in [5.41, 5.74) is 6.02. The summed E-state index contributed by atoms with van der Waals surface area (Å²) in [6.07, 6.45) is 2.82. The summed E-state index contributed by atoms with van der Waals surface area (Å²) < 4.78 is 52.6. The van der Waals surface area contributed by atoms with Gasteiger partial charge in [0.05, 0.1) is 33.0 Å². The SMILES string of the molecule is [C-]#[N+]c1c(OCC23CCCN2CC(F)C3)nc2c(F)c(-c3ccc(F)c4sc(N)nc34)c(Cl)cc2c1N(C)C1CCN(C(=O)C=C)C1. The first-order valence-corrected chi connectivity index (χ1v) is 16.5. The fourth-order valence-corrected chi connectivity index (χ4v) is 8.56. The number of halogens is 4. The summed E-state index contributed by atoms with van der Waals surface area (Å²) in [5, 5.41) is 0.393. The molecule has 47 heavy (non-hydrogen) atoms. The Balaban J connectivity index is 1.40. The second-order valence-electron chi connectivity index (χ2n) is 12.4. The van der Waals surface area contributed by atoms with Crippen LogP contribution in [0.4, 0.5) is 29.7 Å². The molecular weight excluding hydrogens is 651 g/mol. The van der Waals surface area contributed by atoms with Gasteiger partial charge in [0.15, 0.2) is 10.9 Å². The van der Waals surface area contributed by atoms with Crippen molar-refractivity contribution in [3.05, 3.63) is 58.9 Å². The predicted molar refractivity (Wildman–Crippen MR) is 178 cm³/mol. The van der Waals surface area contributed by atoms with E-state index in [4.69, 9.17) is 28.6 Å². The number of thiazole rings is 1. The van der Waals surface area contributed by atoms with Crippen molar-refractivity contribution in [2.24, 2.45) is 0 Å². The highest BCUT2D eigenvalue weighted by atomic mass is 35.5. The quantitative estimate of drug-likeness (QED) is 0.170. The normalized spacial score (nSPS) is 22.6. The van der Waals surface area contributed by atoms with Gasteiger partial charge in [-0.15, -0.1) is 0 Å². The summed E-state index contributed by atoms with van der Waals surface area (Å²) in [5.74, 6) is -1.63. The Morgan fingerprint density at radius 3 is 2.89 bits per heavy atom. The molecule has 0 radical (unpaired) electrons. The largest absolute Gasteiger partial charge is 0.484 e. The maximum absolute atomic E-state index is 16.9. The molecule has 5 heterocycles. The first-order valence-electron chi connectivity index (χ1n) is 15.3. The van der Waals surface area contributed by atoms with Gasteiger partial charge >= 0.3 is 0 Å². The molecular formula is C33H31ClF3N7O2S. The van der Waals surface area contributed by atoms with E-state index in [1.165, 1.54) is 18.2 Å². The molecule has 7 rings (SSSR count). The zero-order valence-electron chi connectivity index (χ0n) is 25.5. The smallest absolute Gasteiger partial charge is 0.270 e. The lowest BCUT2D eigenvalue weighted by atomic mass is 9.95. The van der Waals surface area contributed by atoms with E-state index in [0.717, 1.165) is 30.7 Å².